The predicted molar refractivity (Wildman–Crippen MR) is 70.4 cm³/mol. The summed E-state index contributed by atoms with van der Waals surface area (Å²) in [6.45, 7) is 0. The third-order valence-electron chi connectivity index (χ3n) is 2.23. The summed E-state index contributed by atoms with van der Waals surface area (Å²) in [6, 6.07) is 8.52. The number of hydrogen-bond acceptors (Lipinski definition) is 3. The average molecular weight is 336 g/mol. The second kappa shape index (κ2) is 6.81. The lowest BCUT2D eigenvalue weighted by Gasteiger charge is -2.03. The predicted octanol–water partition coefficient (Wildman–Crippen LogP) is 5.17. The summed E-state index contributed by atoms with van der Waals surface area (Å²) in [5, 5.41) is 0. The van der Waals surface area contributed by atoms with Crippen LogP contribution in [0.3, 0.4) is 0 Å². The Morgan fingerprint density at radius 2 is 1.24 bits per heavy atom. The van der Waals surface area contributed by atoms with E-state index < -0.39 is 34.0 Å². The minimum absolute atomic E-state index is 0.127. The highest BCUT2D eigenvalue weighted by atomic mass is 32.2. The van der Waals surface area contributed by atoms with E-state index in [1.54, 1.807) is 30.3 Å². The van der Waals surface area contributed by atoms with Gasteiger partial charge in [0.2, 0.25) is 5.82 Å². The normalized spacial score (nSPS) is 10.3. The van der Waals surface area contributed by atoms with Crippen LogP contribution in [0.1, 0.15) is 0 Å². The average Bonchev–Trinajstić information content (AvgIpc) is 2.51. The van der Waals surface area contributed by atoms with E-state index in [4.69, 9.17) is 0 Å². The van der Waals surface area contributed by atoms with Gasteiger partial charge in [-0.2, -0.15) is 4.36 Å². The van der Waals surface area contributed by atoms with E-state index in [-0.39, 0.29) is 11.9 Å². The van der Waals surface area contributed by atoms with E-state index in [2.05, 4.69) is 8.13 Å². The first-order chi connectivity index (χ1) is 10.0. The number of rotatable bonds is 3. The molecule has 0 aliphatic heterocycles. The third kappa shape index (κ3) is 3.48. The maximum atomic E-state index is 13.3. The Labute approximate surface area is 124 Å². The second-order valence-corrected chi connectivity index (χ2v) is 5.11. The molecule has 0 aliphatic rings. The minimum atomic E-state index is -2.20. The monoisotopic (exact) mass is 336 g/mol. The molecule has 0 fully saturated rings. The van der Waals surface area contributed by atoms with Gasteiger partial charge in [-0.05, 0) is 12.1 Å². The van der Waals surface area contributed by atoms with E-state index in [9.17, 15) is 22.0 Å². The molecule has 0 N–H and O–H groups in total. The van der Waals surface area contributed by atoms with Gasteiger partial charge in [-0.3, -0.25) is 0 Å². The Morgan fingerprint density at radius 3 is 1.81 bits per heavy atom. The molecular formula is C12H5F5N2S2. The molecule has 0 radical (unpaired) electrons. The van der Waals surface area contributed by atoms with Crippen LogP contribution < -0.4 is 0 Å². The first-order valence-electron chi connectivity index (χ1n) is 5.33. The lowest BCUT2D eigenvalue weighted by atomic mass is 10.3. The standard InChI is InChI=1S/C12H5F5N2S2/c13-7-8(14)10(16)12(11(17)9(7)15)20-19-21-18-6-4-2-1-3-5-6/h1-5H. The van der Waals surface area contributed by atoms with E-state index in [0.717, 1.165) is 0 Å². The summed E-state index contributed by atoms with van der Waals surface area (Å²) >= 11 is 0.703. The van der Waals surface area contributed by atoms with Crippen molar-refractivity contribution in [2.45, 2.75) is 4.90 Å². The molecule has 0 bridgehead atoms. The molecule has 110 valence electrons. The van der Waals surface area contributed by atoms with Gasteiger partial charge in [0.1, 0.15) is 4.90 Å². The van der Waals surface area contributed by atoms with Gasteiger partial charge in [-0.15, -0.1) is 3.77 Å². The van der Waals surface area contributed by atoms with Gasteiger partial charge in [0, 0.05) is 11.9 Å². The fourth-order valence-electron chi connectivity index (χ4n) is 1.27. The molecule has 21 heavy (non-hydrogen) atoms. The third-order valence-corrected chi connectivity index (χ3v) is 3.63. The van der Waals surface area contributed by atoms with Crippen molar-refractivity contribution in [1.82, 2.24) is 0 Å². The summed E-state index contributed by atoms with van der Waals surface area (Å²) in [5.41, 5.74) is 0.546. The number of halogens is 5. The van der Waals surface area contributed by atoms with E-state index in [0.29, 0.717) is 17.0 Å². The molecule has 9 heteroatoms. The van der Waals surface area contributed by atoms with Crippen LogP contribution in [0.25, 0.3) is 0 Å². The smallest absolute Gasteiger partial charge is 0.200 e. The molecule has 2 nitrogen and oxygen atoms in total. The maximum Gasteiger partial charge on any atom is 0.200 e. The molecule has 0 spiro atoms. The van der Waals surface area contributed by atoms with Crippen molar-refractivity contribution in [2.75, 3.05) is 0 Å². The quantitative estimate of drug-likeness (QED) is 0.328. The summed E-state index contributed by atoms with van der Waals surface area (Å²) in [4.78, 5) is -1.07. The molecule has 2 rings (SSSR count). The Kier molecular flexibility index (Phi) is 5.07. The molecule has 0 heterocycles. The highest BCUT2D eigenvalue weighted by molar-refractivity contribution is 8.01. The zero-order valence-corrected chi connectivity index (χ0v) is 11.6. The Morgan fingerprint density at radius 1 is 0.714 bits per heavy atom. The lowest BCUT2D eigenvalue weighted by Crippen LogP contribution is -2.02. The minimum Gasteiger partial charge on any atom is -0.202 e. The van der Waals surface area contributed by atoms with Crippen molar-refractivity contribution >= 4 is 29.0 Å². The summed E-state index contributed by atoms with van der Waals surface area (Å²) in [7, 11) is 0. The van der Waals surface area contributed by atoms with Crippen molar-refractivity contribution in [3.8, 4) is 0 Å². The van der Waals surface area contributed by atoms with Crippen molar-refractivity contribution < 1.29 is 22.0 Å². The molecule has 2 aromatic rings. The number of benzene rings is 2. The topological polar surface area (TPSA) is 24.7 Å². The largest absolute Gasteiger partial charge is 0.202 e. The molecule has 0 atom stereocenters. The Balaban J connectivity index is 2.27. The first-order valence-corrected chi connectivity index (χ1v) is 6.83. The molecule has 0 unspecified atom stereocenters. The Bertz CT molecular complexity index is 701. The lowest BCUT2D eigenvalue weighted by molar-refractivity contribution is 0.361. The number of hydrogen-bond donors (Lipinski definition) is 0. The molecule has 0 amide bonds. The van der Waals surface area contributed by atoms with Gasteiger partial charge in [0.15, 0.2) is 23.3 Å². The van der Waals surface area contributed by atoms with Crippen LogP contribution in [-0.2, 0) is 11.4 Å². The highest BCUT2D eigenvalue weighted by Gasteiger charge is 2.26. The van der Waals surface area contributed by atoms with Gasteiger partial charge in [0.05, 0.1) is 17.0 Å². The van der Waals surface area contributed by atoms with Crippen molar-refractivity contribution in [3.63, 3.8) is 0 Å². The van der Waals surface area contributed by atoms with Gasteiger partial charge in [-0.1, -0.05) is 18.2 Å². The Hall–Kier alpha value is -1.74. The summed E-state index contributed by atoms with van der Waals surface area (Å²) < 4.78 is 72.7. The zero-order valence-electron chi connectivity index (χ0n) is 9.99. The summed E-state index contributed by atoms with van der Waals surface area (Å²) in [6.07, 6.45) is 0. The highest BCUT2D eigenvalue weighted by Crippen LogP contribution is 2.31. The van der Waals surface area contributed by atoms with Crippen LogP contribution in [0.15, 0.2) is 43.4 Å². The fraction of sp³-hybridized carbons (Fsp3) is 0. The molecular weight excluding hydrogens is 331 g/mol. The van der Waals surface area contributed by atoms with Crippen molar-refractivity contribution in [1.29, 1.82) is 0 Å². The molecule has 0 aromatic heterocycles. The fourth-order valence-corrected chi connectivity index (χ4v) is 2.39. The van der Waals surface area contributed by atoms with Gasteiger partial charge >= 0.3 is 0 Å². The van der Waals surface area contributed by atoms with Crippen LogP contribution in [-0.4, -0.2) is 0 Å². The van der Waals surface area contributed by atoms with E-state index >= 15 is 0 Å². The molecule has 0 saturated carbocycles. The zero-order chi connectivity index (χ0) is 15.4. The van der Waals surface area contributed by atoms with E-state index in [1.807, 2.05) is 0 Å². The van der Waals surface area contributed by atoms with Gasteiger partial charge in [-0.25, -0.2) is 22.0 Å². The molecule has 0 saturated heterocycles. The van der Waals surface area contributed by atoms with Crippen LogP contribution in [0.5, 0.6) is 0 Å². The maximum absolute atomic E-state index is 13.3. The van der Waals surface area contributed by atoms with Gasteiger partial charge < -0.3 is 0 Å². The molecule has 2 aromatic carbocycles. The van der Waals surface area contributed by atoms with Gasteiger partial charge in [0.25, 0.3) is 0 Å². The summed E-state index contributed by atoms with van der Waals surface area (Å²) in [5.74, 6) is -10.0. The van der Waals surface area contributed by atoms with Crippen molar-refractivity contribution in [2.24, 2.45) is 8.13 Å². The number of nitrogens with zero attached hydrogens (tertiary/aromatic N) is 2. The van der Waals surface area contributed by atoms with Crippen LogP contribution in [0.2, 0.25) is 0 Å². The van der Waals surface area contributed by atoms with Crippen LogP contribution in [0.4, 0.5) is 27.6 Å². The first kappa shape index (κ1) is 15.6. The van der Waals surface area contributed by atoms with Crippen molar-refractivity contribution in [3.05, 3.63) is 59.4 Å². The second-order valence-electron chi connectivity index (χ2n) is 3.57. The molecule has 0 aliphatic carbocycles. The SMILES string of the molecule is Fc1c(F)c(F)c(SN=S=Nc2ccccc2)c(F)c1F. The van der Waals surface area contributed by atoms with E-state index in [1.165, 1.54) is 0 Å². The van der Waals surface area contributed by atoms with Crippen LogP contribution >= 0.6 is 11.9 Å². The van der Waals surface area contributed by atoms with Crippen LogP contribution in [0, 0.1) is 29.1 Å².